The molecule has 9 heteroatoms. The van der Waals surface area contributed by atoms with Crippen LogP contribution < -0.4 is 20.3 Å². The number of rotatable bonds is 7. The van der Waals surface area contributed by atoms with Gasteiger partial charge in [-0.05, 0) is 36.4 Å². The number of amides is 1. The predicted octanol–water partition coefficient (Wildman–Crippen LogP) is 4.27. The van der Waals surface area contributed by atoms with E-state index in [1.54, 1.807) is 54.6 Å². The van der Waals surface area contributed by atoms with Crippen LogP contribution in [0.15, 0.2) is 76.7 Å². The maximum Gasteiger partial charge on any atom is 0.266 e. The lowest BCUT2D eigenvalue weighted by Crippen LogP contribution is -2.23. The Balaban J connectivity index is 1.65. The van der Waals surface area contributed by atoms with Crippen LogP contribution in [0, 0.1) is 5.82 Å². The molecule has 1 aromatic heterocycles. The number of ether oxygens (including phenoxy) is 2. The van der Waals surface area contributed by atoms with E-state index in [1.165, 1.54) is 30.9 Å². The summed E-state index contributed by atoms with van der Waals surface area (Å²) in [6, 6.07) is 17.8. The first kappa shape index (κ1) is 22.3. The van der Waals surface area contributed by atoms with E-state index >= 15 is 0 Å². The number of carbonyl (C=O) groups excluding carboxylic acids is 1. The fraction of sp³-hybridized carbons (Fsp3) is 0.125. The van der Waals surface area contributed by atoms with Crippen LogP contribution in [-0.2, 0) is 4.79 Å². The lowest BCUT2D eigenvalue weighted by Gasteiger charge is -2.14. The van der Waals surface area contributed by atoms with Crippen LogP contribution in [0.1, 0.15) is 0 Å². The Kier molecular flexibility index (Phi) is 6.60. The fourth-order valence-corrected chi connectivity index (χ4v) is 4.08. The Bertz CT molecular complexity index is 1390. The normalized spacial score (nSPS) is 10.8. The highest BCUT2D eigenvalue weighted by molar-refractivity contribution is 7.99. The maximum atomic E-state index is 14.6. The summed E-state index contributed by atoms with van der Waals surface area (Å²) in [5, 5.41) is 3.34. The molecule has 0 radical (unpaired) electrons. The van der Waals surface area contributed by atoms with Crippen LogP contribution in [0.3, 0.4) is 0 Å². The van der Waals surface area contributed by atoms with E-state index in [2.05, 4.69) is 10.3 Å². The van der Waals surface area contributed by atoms with E-state index in [9.17, 15) is 14.0 Å². The molecule has 0 aliphatic carbocycles. The molecule has 0 unspecified atom stereocenters. The highest BCUT2D eigenvalue weighted by Crippen LogP contribution is 2.29. The zero-order valence-electron chi connectivity index (χ0n) is 17.9. The number of fused-ring (bicyclic) bond motifs is 1. The summed E-state index contributed by atoms with van der Waals surface area (Å²) in [6.07, 6.45) is 0. The Morgan fingerprint density at radius 2 is 1.82 bits per heavy atom. The van der Waals surface area contributed by atoms with Crippen molar-refractivity contribution >= 4 is 34.3 Å². The van der Waals surface area contributed by atoms with Gasteiger partial charge < -0.3 is 14.8 Å². The van der Waals surface area contributed by atoms with Crippen LogP contribution in [-0.4, -0.2) is 35.4 Å². The molecule has 4 aromatic rings. The van der Waals surface area contributed by atoms with Gasteiger partial charge in [0.15, 0.2) is 5.16 Å². The number of halogens is 1. The molecule has 33 heavy (non-hydrogen) atoms. The molecule has 0 spiro atoms. The summed E-state index contributed by atoms with van der Waals surface area (Å²) in [6.45, 7) is 0. The number of hydrogen-bond acceptors (Lipinski definition) is 6. The third-order valence-corrected chi connectivity index (χ3v) is 5.79. The smallest absolute Gasteiger partial charge is 0.266 e. The van der Waals surface area contributed by atoms with Crippen molar-refractivity contribution in [3.63, 3.8) is 0 Å². The number of aromatic nitrogens is 2. The second-order valence-electron chi connectivity index (χ2n) is 6.91. The molecule has 1 amide bonds. The van der Waals surface area contributed by atoms with Crippen LogP contribution in [0.5, 0.6) is 11.5 Å². The van der Waals surface area contributed by atoms with Crippen LogP contribution in [0.4, 0.5) is 10.1 Å². The van der Waals surface area contributed by atoms with Gasteiger partial charge in [-0.1, -0.05) is 36.0 Å². The second-order valence-corrected chi connectivity index (χ2v) is 7.85. The number of nitrogens with one attached hydrogen (secondary N) is 1. The van der Waals surface area contributed by atoms with Crippen LogP contribution in [0.2, 0.25) is 0 Å². The summed E-state index contributed by atoms with van der Waals surface area (Å²) in [5.74, 6) is 0.0687. The molecule has 168 valence electrons. The lowest BCUT2D eigenvalue weighted by molar-refractivity contribution is -0.113. The minimum atomic E-state index is -0.564. The van der Waals surface area contributed by atoms with Gasteiger partial charge in [0.25, 0.3) is 5.56 Å². The van der Waals surface area contributed by atoms with Crippen molar-refractivity contribution in [1.82, 2.24) is 9.55 Å². The SMILES string of the molecule is COc1ccc(NC(=O)CSc2nc3ccccc3c(=O)n2-c2ccccc2F)c(OC)c1. The van der Waals surface area contributed by atoms with Gasteiger partial charge in [-0.2, -0.15) is 0 Å². The first-order chi connectivity index (χ1) is 16.0. The second kappa shape index (κ2) is 9.74. The number of methoxy groups -OCH3 is 2. The number of anilines is 1. The number of hydrogen-bond donors (Lipinski definition) is 1. The number of carbonyl (C=O) groups is 1. The number of nitrogens with zero attached hydrogens (tertiary/aromatic N) is 2. The molecule has 1 N–H and O–H groups in total. The molecule has 0 saturated carbocycles. The Labute approximate surface area is 193 Å². The molecule has 0 aliphatic rings. The summed E-state index contributed by atoms with van der Waals surface area (Å²) in [5.41, 5.74) is 0.600. The van der Waals surface area contributed by atoms with Crippen molar-refractivity contribution in [3.8, 4) is 17.2 Å². The summed E-state index contributed by atoms with van der Waals surface area (Å²) in [4.78, 5) is 30.4. The molecule has 4 rings (SSSR count). The minimum absolute atomic E-state index is 0.0611. The first-order valence-electron chi connectivity index (χ1n) is 9.93. The molecule has 3 aromatic carbocycles. The Morgan fingerprint density at radius 3 is 2.58 bits per heavy atom. The highest BCUT2D eigenvalue weighted by Gasteiger charge is 2.17. The van der Waals surface area contributed by atoms with Gasteiger partial charge in [0, 0.05) is 6.07 Å². The predicted molar refractivity (Wildman–Crippen MR) is 126 cm³/mol. The van der Waals surface area contributed by atoms with Crippen molar-refractivity contribution in [2.45, 2.75) is 5.16 Å². The van der Waals surface area contributed by atoms with Gasteiger partial charge in [-0.25, -0.2) is 9.37 Å². The number of benzene rings is 3. The van der Waals surface area contributed by atoms with E-state index in [0.717, 1.165) is 11.8 Å². The molecular weight excluding hydrogens is 445 g/mol. The molecule has 0 atom stereocenters. The van der Waals surface area contributed by atoms with E-state index in [4.69, 9.17) is 9.47 Å². The summed E-state index contributed by atoms with van der Waals surface area (Å²) in [7, 11) is 3.03. The molecule has 0 fully saturated rings. The molecule has 0 bridgehead atoms. The largest absolute Gasteiger partial charge is 0.497 e. The van der Waals surface area contributed by atoms with Crippen molar-refractivity contribution in [2.75, 3.05) is 25.3 Å². The van der Waals surface area contributed by atoms with Crippen molar-refractivity contribution in [1.29, 1.82) is 0 Å². The molecular formula is C24H20FN3O4S. The number of para-hydroxylation sites is 2. The zero-order valence-corrected chi connectivity index (χ0v) is 18.7. The van der Waals surface area contributed by atoms with Crippen LogP contribution >= 0.6 is 11.8 Å². The minimum Gasteiger partial charge on any atom is -0.497 e. The third kappa shape index (κ3) is 4.68. The molecule has 0 aliphatic heterocycles. The third-order valence-electron chi connectivity index (χ3n) is 4.85. The average Bonchev–Trinajstić information content (AvgIpc) is 2.84. The standard InChI is InChI=1S/C24H20FN3O4S/c1-31-15-11-12-19(21(13-15)32-2)26-22(29)14-33-24-27-18-9-5-3-7-16(18)23(30)28(24)20-10-6-4-8-17(20)25/h3-13H,14H2,1-2H3,(H,26,29). The fourth-order valence-electron chi connectivity index (χ4n) is 3.27. The van der Waals surface area contributed by atoms with E-state index in [-0.39, 0.29) is 22.5 Å². The van der Waals surface area contributed by atoms with Gasteiger partial charge in [0.05, 0.1) is 42.3 Å². The Hall–Kier alpha value is -3.85. The van der Waals surface area contributed by atoms with Gasteiger partial charge in [-0.3, -0.25) is 14.2 Å². The topological polar surface area (TPSA) is 82.5 Å². The molecule has 1 heterocycles. The Morgan fingerprint density at radius 1 is 1.06 bits per heavy atom. The molecule has 0 saturated heterocycles. The average molecular weight is 466 g/mol. The first-order valence-corrected chi connectivity index (χ1v) is 10.9. The monoisotopic (exact) mass is 465 g/mol. The van der Waals surface area contributed by atoms with Gasteiger partial charge >= 0.3 is 0 Å². The van der Waals surface area contributed by atoms with Gasteiger partial charge in [-0.15, -0.1) is 0 Å². The molecule has 7 nitrogen and oxygen atoms in total. The van der Waals surface area contributed by atoms with Crippen molar-refractivity contribution in [3.05, 3.63) is 82.9 Å². The lowest BCUT2D eigenvalue weighted by atomic mass is 10.2. The van der Waals surface area contributed by atoms with Crippen molar-refractivity contribution in [2.24, 2.45) is 0 Å². The quantitative estimate of drug-likeness (QED) is 0.324. The summed E-state index contributed by atoms with van der Waals surface area (Å²) >= 11 is 1.04. The van der Waals surface area contributed by atoms with Gasteiger partial charge in [0.2, 0.25) is 5.91 Å². The van der Waals surface area contributed by atoms with E-state index in [0.29, 0.717) is 28.1 Å². The zero-order chi connectivity index (χ0) is 23.4. The van der Waals surface area contributed by atoms with Crippen molar-refractivity contribution < 1.29 is 18.7 Å². The number of thioether (sulfide) groups is 1. The van der Waals surface area contributed by atoms with E-state index in [1.807, 2.05) is 0 Å². The summed E-state index contributed by atoms with van der Waals surface area (Å²) < 4.78 is 26.2. The van der Waals surface area contributed by atoms with Crippen LogP contribution in [0.25, 0.3) is 16.6 Å². The van der Waals surface area contributed by atoms with Gasteiger partial charge in [0.1, 0.15) is 17.3 Å². The van der Waals surface area contributed by atoms with E-state index < -0.39 is 11.4 Å². The highest BCUT2D eigenvalue weighted by atomic mass is 32.2. The maximum absolute atomic E-state index is 14.6.